The molecule has 0 radical (unpaired) electrons. The number of nitrogens with zero attached hydrogens (tertiary/aromatic N) is 1. The van der Waals surface area contributed by atoms with E-state index in [1.165, 1.54) is 5.56 Å². The lowest BCUT2D eigenvalue weighted by molar-refractivity contribution is -0.0464. The molecular formula is C17H28N2O2. The molecule has 1 aromatic rings. The van der Waals surface area contributed by atoms with Gasteiger partial charge in [0.05, 0.1) is 6.61 Å². The number of benzene rings is 1. The van der Waals surface area contributed by atoms with Crippen LogP contribution in [0.4, 0.5) is 0 Å². The molecule has 2 rings (SSSR count). The standard InChI is InChI=1S/C17H28N2O2/c1-3-8-18-12-15-6-5-7-16(11-15)21-14-17-13-19(4-2)9-10-20-17/h5-7,11,17-18H,3-4,8-10,12-14H2,1-2H3. The monoisotopic (exact) mass is 292 g/mol. The van der Waals surface area contributed by atoms with Crippen LogP contribution < -0.4 is 10.1 Å². The van der Waals surface area contributed by atoms with Gasteiger partial charge in [-0.3, -0.25) is 4.90 Å². The maximum absolute atomic E-state index is 5.91. The van der Waals surface area contributed by atoms with Crippen LogP contribution in [0, 0.1) is 0 Å². The van der Waals surface area contributed by atoms with Crippen molar-refractivity contribution in [2.24, 2.45) is 0 Å². The number of nitrogens with one attached hydrogen (secondary N) is 1. The Hall–Kier alpha value is -1.10. The average molecular weight is 292 g/mol. The Bertz CT molecular complexity index is 412. The van der Waals surface area contributed by atoms with Crippen molar-refractivity contribution in [3.05, 3.63) is 29.8 Å². The number of morpholine rings is 1. The molecule has 1 aliphatic heterocycles. The Kier molecular flexibility index (Phi) is 7.00. The van der Waals surface area contributed by atoms with E-state index in [4.69, 9.17) is 9.47 Å². The minimum Gasteiger partial charge on any atom is -0.491 e. The van der Waals surface area contributed by atoms with Crippen LogP contribution in [0.3, 0.4) is 0 Å². The van der Waals surface area contributed by atoms with Crippen LogP contribution in [0.2, 0.25) is 0 Å². The lowest BCUT2D eigenvalue weighted by Gasteiger charge is -2.31. The van der Waals surface area contributed by atoms with Gasteiger partial charge in [0.25, 0.3) is 0 Å². The fourth-order valence-electron chi connectivity index (χ4n) is 2.51. The van der Waals surface area contributed by atoms with E-state index >= 15 is 0 Å². The summed E-state index contributed by atoms with van der Waals surface area (Å²) >= 11 is 0. The van der Waals surface area contributed by atoms with E-state index in [0.29, 0.717) is 6.61 Å². The van der Waals surface area contributed by atoms with E-state index in [1.54, 1.807) is 0 Å². The summed E-state index contributed by atoms with van der Waals surface area (Å²) in [6.07, 6.45) is 1.34. The molecule has 1 heterocycles. The third kappa shape index (κ3) is 5.65. The smallest absolute Gasteiger partial charge is 0.119 e. The molecule has 1 fully saturated rings. The molecular weight excluding hydrogens is 264 g/mol. The van der Waals surface area contributed by atoms with Crippen molar-refractivity contribution in [2.45, 2.75) is 32.9 Å². The minimum atomic E-state index is 0.181. The third-order valence-electron chi connectivity index (χ3n) is 3.76. The van der Waals surface area contributed by atoms with Gasteiger partial charge < -0.3 is 14.8 Å². The lowest BCUT2D eigenvalue weighted by atomic mass is 10.2. The zero-order valence-corrected chi connectivity index (χ0v) is 13.3. The molecule has 21 heavy (non-hydrogen) atoms. The summed E-state index contributed by atoms with van der Waals surface area (Å²) in [7, 11) is 0. The third-order valence-corrected chi connectivity index (χ3v) is 3.76. The van der Waals surface area contributed by atoms with Crippen molar-refractivity contribution in [1.82, 2.24) is 10.2 Å². The summed E-state index contributed by atoms with van der Waals surface area (Å²) in [6, 6.07) is 8.32. The summed E-state index contributed by atoms with van der Waals surface area (Å²) < 4.78 is 11.7. The highest BCUT2D eigenvalue weighted by molar-refractivity contribution is 5.28. The van der Waals surface area contributed by atoms with Crippen LogP contribution in [-0.2, 0) is 11.3 Å². The van der Waals surface area contributed by atoms with E-state index in [-0.39, 0.29) is 6.10 Å². The van der Waals surface area contributed by atoms with Crippen LogP contribution >= 0.6 is 0 Å². The highest BCUT2D eigenvalue weighted by atomic mass is 16.5. The molecule has 4 nitrogen and oxygen atoms in total. The maximum Gasteiger partial charge on any atom is 0.119 e. The van der Waals surface area contributed by atoms with Gasteiger partial charge in [-0.2, -0.15) is 0 Å². The first-order chi connectivity index (χ1) is 10.3. The number of hydrogen-bond acceptors (Lipinski definition) is 4. The quantitative estimate of drug-likeness (QED) is 0.745. The van der Waals surface area contributed by atoms with Gasteiger partial charge >= 0.3 is 0 Å². The molecule has 0 spiro atoms. The van der Waals surface area contributed by atoms with Crippen LogP contribution in [0.25, 0.3) is 0 Å². The topological polar surface area (TPSA) is 33.7 Å². The number of ether oxygens (including phenoxy) is 2. The number of rotatable bonds is 8. The van der Waals surface area contributed by atoms with Crippen molar-refractivity contribution in [2.75, 3.05) is 39.4 Å². The second-order valence-electron chi connectivity index (χ2n) is 5.52. The van der Waals surface area contributed by atoms with Gasteiger partial charge in [-0.25, -0.2) is 0 Å². The summed E-state index contributed by atoms with van der Waals surface area (Å²) in [5, 5.41) is 3.41. The van der Waals surface area contributed by atoms with E-state index in [2.05, 4.69) is 42.3 Å². The largest absolute Gasteiger partial charge is 0.491 e. The molecule has 118 valence electrons. The van der Waals surface area contributed by atoms with E-state index in [1.807, 2.05) is 6.07 Å². The zero-order valence-electron chi connectivity index (χ0n) is 13.3. The highest BCUT2D eigenvalue weighted by Gasteiger charge is 2.19. The molecule has 0 amide bonds. The first-order valence-electron chi connectivity index (χ1n) is 8.08. The molecule has 1 saturated heterocycles. The second kappa shape index (κ2) is 9.03. The van der Waals surface area contributed by atoms with Crippen LogP contribution in [0.1, 0.15) is 25.8 Å². The van der Waals surface area contributed by atoms with Gasteiger partial charge in [-0.1, -0.05) is 26.0 Å². The molecule has 1 aromatic carbocycles. The normalized spacial score (nSPS) is 19.6. The van der Waals surface area contributed by atoms with E-state index < -0.39 is 0 Å². The van der Waals surface area contributed by atoms with Gasteiger partial charge in [0, 0.05) is 19.6 Å². The molecule has 1 N–H and O–H groups in total. The molecule has 4 heteroatoms. The minimum absolute atomic E-state index is 0.181. The molecule has 1 atom stereocenters. The van der Waals surface area contributed by atoms with Gasteiger partial charge in [-0.15, -0.1) is 0 Å². The summed E-state index contributed by atoms with van der Waals surface area (Å²) in [5.74, 6) is 0.933. The molecule has 0 bridgehead atoms. The highest BCUT2D eigenvalue weighted by Crippen LogP contribution is 2.15. The van der Waals surface area contributed by atoms with Gasteiger partial charge in [0.1, 0.15) is 18.5 Å². The predicted octanol–water partition coefficient (Wildman–Crippen LogP) is 2.29. The van der Waals surface area contributed by atoms with E-state index in [0.717, 1.165) is 51.5 Å². The first-order valence-corrected chi connectivity index (χ1v) is 8.08. The molecule has 0 saturated carbocycles. The SMILES string of the molecule is CCCNCc1cccc(OCC2CN(CC)CCO2)c1. The zero-order chi connectivity index (χ0) is 14.9. The fourth-order valence-corrected chi connectivity index (χ4v) is 2.51. The molecule has 0 aromatic heterocycles. The molecule has 0 aliphatic carbocycles. The average Bonchev–Trinajstić information content (AvgIpc) is 2.54. The van der Waals surface area contributed by atoms with Crippen LogP contribution in [0.15, 0.2) is 24.3 Å². The Morgan fingerprint density at radius 1 is 1.38 bits per heavy atom. The van der Waals surface area contributed by atoms with Crippen LogP contribution in [-0.4, -0.2) is 50.4 Å². The fraction of sp³-hybridized carbons (Fsp3) is 0.647. The Labute approximate surface area is 128 Å². The predicted molar refractivity (Wildman–Crippen MR) is 85.8 cm³/mol. The van der Waals surface area contributed by atoms with Crippen molar-refractivity contribution in [1.29, 1.82) is 0 Å². The lowest BCUT2D eigenvalue weighted by Crippen LogP contribution is -2.44. The first kappa shape index (κ1) is 16.3. The van der Waals surface area contributed by atoms with Crippen molar-refractivity contribution >= 4 is 0 Å². The summed E-state index contributed by atoms with van der Waals surface area (Å²) in [5.41, 5.74) is 1.26. The Morgan fingerprint density at radius 2 is 2.29 bits per heavy atom. The van der Waals surface area contributed by atoms with Crippen LogP contribution in [0.5, 0.6) is 5.75 Å². The number of hydrogen-bond donors (Lipinski definition) is 1. The van der Waals surface area contributed by atoms with Gasteiger partial charge in [0.15, 0.2) is 0 Å². The Morgan fingerprint density at radius 3 is 3.10 bits per heavy atom. The molecule has 1 aliphatic rings. The number of likely N-dealkylation sites (N-methyl/N-ethyl adjacent to an activating group) is 1. The summed E-state index contributed by atoms with van der Waals surface area (Å²) in [4.78, 5) is 2.41. The maximum atomic E-state index is 5.91. The van der Waals surface area contributed by atoms with Gasteiger partial charge in [0.2, 0.25) is 0 Å². The second-order valence-corrected chi connectivity index (χ2v) is 5.52. The van der Waals surface area contributed by atoms with Crippen molar-refractivity contribution in [3.8, 4) is 5.75 Å². The van der Waals surface area contributed by atoms with Gasteiger partial charge in [-0.05, 0) is 37.2 Å². The molecule has 1 unspecified atom stereocenters. The van der Waals surface area contributed by atoms with Crippen molar-refractivity contribution < 1.29 is 9.47 Å². The van der Waals surface area contributed by atoms with E-state index in [9.17, 15) is 0 Å². The summed E-state index contributed by atoms with van der Waals surface area (Å²) in [6.45, 7) is 10.8. The Balaban J connectivity index is 1.78. The van der Waals surface area contributed by atoms with Crippen molar-refractivity contribution in [3.63, 3.8) is 0 Å².